The lowest BCUT2D eigenvalue weighted by Gasteiger charge is -2.34. The lowest BCUT2D eigenvalue weighted by molar-refractivity contribution is -0.121. The van der Waals surface area contributed by atoms with Crippen molar-refractivity contribution in [2.75, 3.05) is 11.9 Å². The first-order chi connectivity index (χ1) is 16.2. The van der Waals surface area contributed by atoms with Gasteiger partial charge in [0.15, 0.2) is 0 Å². The number of aromatic nitrogens is 4. The Bertz CT molecular complexity index is 1340. The molecule has 1 fully saturated rings. The summed E-state index contributed by atoms with van der Waals surface area (Å²) < 4.78 is 1.78. The van der Waals surface area contributed by atoms with Crippen LogP contribution >= 0.6 is 0 Å². The molecule has 8 heteroatoms. The van der Waals surface area contributed by atoms with Crippen LogP contribution in [-0.2, 0) is 10.2 Å². The molecule has 2 aliphatic heterocycles. The summed E-state index contributed by atoms with van der Waals surface area (Å²) in [6, 6.07) is 18.4. The smallest absolute Gasteiger partial charge is 0.254 e. The number of likely N-dealkylation sites (tertiary alicyclic amines) is 1. The van der Waals surface area contributed by atoms with Gasteiger partial charge in [-0.1, -0.05) is 24.3 Å². The van der Waals surface area contributed by atoms with E-state index >= 15 is 0 Å². The first kappa shape index (κ1) is 19.4. The molecule has 2 unspecified atom stereocenters. The zero-order valence-electron chi connectivity index (χ0n) is 17.6. The highest BCUT2D eigenvalue weighted by atomic mass is 16.2. The van der Waals surface area contributed by atoms with E-state index in [0.29, 0.717) is 18.5 Å². The van der Waals surface area contributed by atoms with Crippen molar-refractivity contribution in [3.05, 3.63) is 102 Å². The second kappa shape index (κ2) is 7.37. The van der Waals surface area contributed by atoms with Gasteiger partial charge >= 0.3 is 0 Å². The van der Waals surface area contributed by atoms with Crippen molar-refractivity contribution in [1.82, 2.24) is 24.6 Å². The maximum absolute atomic E-state index is 13.7. The zero-order valence-corrected chi connectivity index (χ0v) is 17.6. The SMILES string of the molecule is O=C(c1ccc(-n2cnnc2)cc1)N1CCC2(C(=O)Nc3ccccc32)C1c1cccnc1. The van der Waals surface area contributed by atoms with Gasteiger partial charge in [-0.25, -0.2) is 0 Å². The number of carbonyl (C=O) groups excluding carboxylic acids is 2. The van der Waals surface area contributed by atoms with Gasteiger partial charge in [0, 0.05) is 35.9 Å². The first-order valence-corrected chi connectivity index (χ1v) is 10.8. The molecule has 0 aliphatic carbocycles. The summed E-state index contributed by atoms with van der Waals surface area (Å²) in [5.74, 6) is -0.191. The normalized spacial score (nSPS) is 21.3. The highest BCUT2D eigenvalue weighted by Crippen LogP contribution is 2.54. The predicted octanol–water partition coefficient (Wildman–Crippen LogP) is 3.14. The van der Waals surface area contributed by atoms with Gasteiger partial charge in [-0.05, 0) is 53.9 Å². The van der Waals surface area contributed by atoms with Crippen LogP contribution in [0.5, 0.6) is 0 Å². The number of nitrogens with one attached hydrogen (secondary N) is 1. The average Bonchev–Trinajstić information content (AvgIpc) is 3.59. The fraction of sp³-hybridized carbons (Fsp3) is 0.160. The molecule has 2 amide bonds. The average molecular weight is 436 g/mol. The largest absolute Gasteiger partial charge is 0.330 e. The van der Waals surface area contributed by atoms with Crippen LogP contribution in [-0.4, -0.2) is 43.0 Å². The fourth-order valence-electron chi connectivity index (χ4n) is 5.18. The first-order valence-electron chi connectivity index (χ1n) is 10.8. The number of nitrogens with zero attached hydrogens (tertiary/aromatic N) is 5. The van der Waals surface area contributed by atoms with Gasteiger partial charge in [-0.3, -0.25) is 19.1 Å². The Balaban J connectivity index is 1.42. The summed E-state index contributed by atoms with van der Waals surface area (Å²) >= 11 is 0. The molecule has 162 valence electrons. The number of hydrogen-bond acceptors (Lipinski definition) is 5. The molecular weight excluding hydrogens is 416 g/mol. The van der Waals surface area contributed by atoms with Crippen molar-refractivity contribution in [3.63, 3.8) is 0 Å². The van der Waals surface area contributed by atoms with E-state index in [1.165, 1.54) is 0 Å². The van der Waals surface area contributed by atoms with Crippen molar-refractivity contribution in [1.29, 1.82) is 0 Å². The molecule has 2 aromatic carbocycles. The molecule has 1 spiro atoms. The third kappa shape index (κ3) is 2.87. The van der Waals surface area contributed by atoms with E-state index in [9.17, 15) is 9.59 Å². The van der Waals surface area contributed by atoms with E-state index in [1.54, 1.807) is 41.7 Å². The molecular formula is C25H20N6O2. The second-order valence-corrected chi connectivity index (χ2v) is 8.32. The van der Waals surface area contributed by atoms with Gasteiger partial charge in [0.05, 0.1) is 6.04 Å². The molecule has 2 atom stereocenters. The van der Waals surface area contributed by atoms with E-state index in [2.05, 4.69) is 20.5 Å². The van der Waals surface area contributed by atoms with Gasteiger partial charge in [-0.2, -0.15) is 0 Å². The van der Waals surface area contributed by atoms with E-state index in [4.69, 9.17) is 0 Å². The Morgan fingerprint density at radius 1 is 1.00 bits per heavy atom. The van der Waals surface area contributed by atoms with E-state index in [-0.39, 0.29) is 11.8 Å². The molecule has 33 heavy (non-hydrogen) atoms. The zero-order chi connectivity index (χ0) is 22.4. The number of benzene rings is 2. The van der Waals surface area contributed by atoms with E-state index < -0.39 is 11.5 Å². The van der Waals surface area contributed by atoms with Crippen LogP contribution in [0.4, 0.5) is 5.69 Å². The number of amides is 2. The number of para-hydroxylation sites is 1. The molecule has 0 radical (unpaired) electrons. The molecule has 2 aromatic heterocycles. The van der Waals surface area contributed by atoms with Gasteiger partial charge in [-0.15, -0.1) is 10.2 Å². The van der Waals surface area contributed by atoms with Gasteiger partial charge in [0.2, 0.25) is 5.91 Å². The third-order valence-electron chi connectivity index (χ3n) is 6.68. The van der Waals surface area contributed by atoms with E-state index in [1.807, 2.05) is 53.4 Å². The minimum atomic E-state index is -0.849. The van der Waals surface area contributed by atoms with Crippen molar-refractivity contribution in [3.8, 4) is 5.69 Å². The monoisotopic (exact) mass is 436 g/mol. The number of anilines is 1. The van der Waals surface area contributed by atoms with E-state index in [0.717, 1.165) is 22.5 Å². The maximum Gasteiger partial charge on any atom is 0.254 e. The summed E-state index contributed by atoms with van der Waals surface area (Å²) in [5, 5.41) is 10.7. The van der Waals surface area contributed by atoms with Crippen LogP contribution < -0.4 is 5.32 Å². The van der Waals surface area contributed by atoms with Crippen LogP contribution in [0.1, 0.15) is 33.9 Å². The number of pyridine rings is 1. The third-order valence-corrected chi connectivity index (χ3v) is 6.68. The highest BCUT2D eigenvalue weighted by molar-refractivity contribution is 6.08. The summed E-state index contributed by atoms with van der Waals surface area (Å²) in [7, 11) is 0. The van der Waals surface area contributed by atoms with Crippen molar-refractivity contribution in [2.45, 2.75) is 17.9 Å². The number of rotatable bonds is 3. The van der Waals surface area contributed by atoms with Gasteiger partial charge in [0.25, 0.3) is 5.91 Å². The number of fused-ring (bicyclic) bond motifs is 2. The summed E-state index contributed by atoms with van der Waals surface area (Å²) in [6.45, 7) is 0.466. The molecule has 4 aromatic rings. The Kier molecular flexibility index (Phi) is 4.33. The quantitative estimate of drug-likeness (QED) is 0.533. The van der Waals surface area contributed by atoms with Crippen LogP contribution in [0.2, 0.25) is 0 Å². The molecule has 8 nitrogen and oxygen atoms in total. The predicted molar refractivity (Wildman–Crippen MR) is 121 cm³/mol. The van der Waals surface area contributed by atoms with Crippen molar-refractivity contribution in [2.24, 2.45) is 0 Å². The van der Waals surface area contributed by atoms with Gasteiger partial charge < -0.3 is 10.2 Å². The molecule has 4 heterocycles. The van der Waals surface area contributed by atoms with Crippen LogP contribution in [0, 0.1) is 0 Å². The minimum Gasteiger partial charge on any atom is -0.330 e. The Hall–Kier alpha value is -4.33. The second-order valence-electron chi connectivity index (χ2n) is 8.32. The van der Waals surface area contributed by atoms with Crippen molar-refractivity contribution < 1.29 is 9.59 Å². The molecule has 0 saturated carbocycles. The lowest BCUT2D eigenvalue weighted by atomic mass is 9.73. The fourth-order valence-corrected chi connectivity index (χ4v) is 5.18. The highest BCUT2D eigenvalue weighted by Gasteiger charge is 2.59. The van der Waals surface area contributed by atoms with Crippen molar-refractivity contribution >= 4 is 17.5 Å². The number of hydrogen-bond donors (Lipinski definition) is 1. The van der Waals surface area contributed by atoms with Crippen LogP contribution in [0.25, 0.3) is 5.69 Å². The molecule has 2 aliphatic rings. The van der Waals surface area contributed by atoms with Crippen LogP contribution in [0.15, 0.2) is 85.7 Å². The molecule has 0 bridgehead atoms. The summed E-state index contributed by atoms with van der Waals surface area (Å²) in [5.41, 5.74) is 3.16. The molecule has 1 N–H and O–H groups in total. The Morgan fingerprint density at radius 3 is 2.55 bits per heavy atom. The maximum atomic E-state index is 13.7. The standard InChI is InChI=1S/C25H20N6O2/c32-23(17-7-9-19(10-8-17)30-15-27-28-16-30)31-13-11-25(22(31)18-4-3-12-26-14-18)20-5-1-2-6-21(20)29-24(25)33/h1-10,12,14-16,22H,11,13H2,(H,29,33). The Morgan fingerprint density at radius 2 is 1.79 bits per heavy atom. The Labute approximate surface area is 189 Å². The topological polar surface area (TPSA) is 93.0 Å². The number of carbonyl (C=O) groups is 2. The summed E-state index contributed by atoms with van der Waals surface area (Å²) in [4.78, 5) is 33.3. The van der Waals surface area contributed by atoms with Gasteiger partial charge in [0.1, 0.15) is 18.1 Å². The minimum absolute atomic E-state index is 0.0733. The molecule has 6 rings (SSSR count). The van der Waals surface area contributed by atoms with Crippen LogP contribution in [0.3, 0.4) is 0 Å². The molecule has 1 saturated heterocycles. The lowest BCUT2D eigenvalue weighted by Crippen LogP contribution is -2.42. The summed E-state index contributed by atoms with van der Waals surface area (Å²) in [6.07, 6.45) is 7.20.